The maximum absolute atomic E-state index is 6.07. The first-order valence-electron chi connectivity index (χ1n) is 7.75. The Morgan fingerprint density at radius 3 is 2.71 bits per heavy atom. The van der Waals surface area contributed by atoms with Crippen molar-refractivity contribution in [3.05, 3.63) is 23.3 Å². The summed E-state index contributed by atoms with van der Waals surface area (Å²) in [6.07, 6.45) is 4.93. The van der Waals surface area contributed by atoms with Crippen LogP contribution in [-0.2, 0) is 0 Å². The van der Waals surface area contributed by atoms with Crippen molar-refractivity contribution < 1.29 is 0 Å². The Hall–Kier alpha value is -1.91. The quantitative estimate of drug-likeness (QED) is 0.856. The summed E-state index contributed by atoms with van der Waals surface area (Å²) in [4.78, 5) is 0. The fourth-order valence-electron chi connectivity index (χ4n) is 2.90. The Balaban J connectivity index is 1.99. The van der Waals surface area contributed by atoms with E-state index in [-0.39, 0.29) is 0 Å². The molecule has 2 N–H and O–H groups in total. The fraction of sp³-hybridized carbons (Fsp3) is 0.562. The Morgan fingerprint density at radius 1 is 1.29 bits per heavy atom. The van der Waals surface area contributed by atoms with E-state index in [4.69, 9.17) is 5.73 Å². The third-order valence-electron chi connectivity index (χ3n) is 4.47. The van der Waals surface area contributed by atoms with Crippen molar-refractivity contribution >= 4 is 5.69 Å². The van der Waals surface area contributed by atoms with Gasteiger partial charge in [-0.3, -0.25) is 0 Å². The predicted molar refractivity (Wildman–Crippen MR) is 83.8 cm³/mol. The average Bonchev–Trinajstić information content (AvgIpc) is 3.15. The van der Waals surface area contributed by atoms with Crippen LogP contribution in [0.3, 0.4) is 0 Å². The molecule has 1 aromatic carbocycles. The van der Waals surface area contributed by atoms with Crippen LogP contribution in [0.4, 0.5) is 5.69 Å². The van der Waals surface area contributed by atoms with Gasteiger partial charge in [0.1, 0.15) is 0 Å². The van der Waals surface area contributed by atoms with Crippen molar-refractivity contribution in [1.82, 2.24) is 20.2 Å². The second-order valence-corrected chi connectivity index (χ2v) is 6.21. The van der Waals surface area contributed by atoms with E-state index in [9.17, 15) is 0 Å². The van der Waals surface area contributed by atoms with Crippen LogP contribution in [0.5, 0.6) is 0 Å². The summed E-state index contributed by atoms with van der Waals surface area (Å²) < 4.78 is 2.00. The molecule has 1 unspecified atom stereocenters. The first kappa shape index (κ1) is 14.0. The maximum Gasteiger partial charge on any atom is 0.182 e. The van der Waals surface area contributed by atoms with E-state index >= 15 is 0 Å². The summed E-state index contributed by atoms with van der Waals surface area (Å²) in [6.45, 7) is 6.31. The summed E-state index contributed by atoms with van der Waals surface area (Å²) in [5.41, 5.74) is 10.2. The first-order chi connectivity index (χ1) is 10.1. The van der Waals surface area contributed by atoms with Gasteiger partial charge < -0.3 is 5.73 Å². The number of hydrogen-bond acceptors (Lipinski definition) is 4. The highest BCUT2D eigenvalue weighted by atomic mass is 15.5. The molecule has 0 saturated heterocycles. The molecule has 0 radical (unpaired) electrons. The zero-order chi connectivity index (χ0) is 15.0. The summed E-state index contributed by atoms with van der Waals surface area (Å²) in [7, 11) is 0. The van der Waals surface area contributed by atoms with Gasteiger partial charge in [0.2, 0.25) is 0 Å². The van der Waals surface area contributed by atoms with Gasteiger partial charge in [0.05, 0.1) is 6.04 Å². The minimum atomic E-state index is 0.379. The topological polar surface area (TPSA) is 69.6 Å². The van der Waals surface area contributed by atoms with E-state index in [2.05, 4.69) is 35.4 Å². The third-order valence-corrected chi connectivity index (χ3v) is 4.47. The smallest absolute Gasteiger partial charge is 0.182 e. The van der Waals surface area contributed by atoms with Gasteiger partial charge in [-0.2, -0.15) is 0 Å². The standard InChI is InChI=1S/C16H23N5/c1-4-13(8-12-5-6-12)21-16(18-19-20-21)14-9-15(17)11(3)7-10(14)2/h7,9,12-13H,4-6,8,17H2,1-3H3. The van der Waals surface area contributed by atoms with E-state index in [1.807, 2.05) is 17.7 Å². The van der Waals surface area contributed by atoms with Crippen LogP contribution < -0.4 is 5.73 Å². The molecule has 2 aromatic rings. The lowest BCUT2D eigenvalue weighted by atomic mass is 10.0. The second kappa shape index (κ2) is 5.47. The number of tetrazole rings is 1. The highest BCUT2D eigenvalue weighted by molar-refractivity contribution is 5.67. The largest absolute Gasteiger partial charge is 0.398 e. The van der Waals surface area contributed by atoms with Crippen molar-refractivity contribution in [2.75, 3.05) is 5.73 Å². The molecule has 1 heterocycles. The molecule has 0 bridgehead atoms. The molecular formula is C16H23N5. The molecular weight excluding hydrogens is 262 g/mol. The number of nitrogens with two attached hydrogens (primary N) is 1. The number of aryl methyl sites for hydroxylation is 2. The van der Waals surface area contributed by atoms with E-state index in [0.717, 1.165) is 35.0 Å². The molecule has 3 rings (SSSR count). The molecule has 5 heteroatoms. The molecule has 0 aliphatic heterocycles. The Kier molecular flexibility index (Phi) is 3.66. The fourth-order valence-corrected chi connectivity index (χ4v) is 2.90. The first-order valence-corrected chi connectivity index (χ1v) is 7.75. The van der Waals surface area contributed by atoms with Crippen LogP contribution in [0, 0.1) is 19.8 Å². The van der Waals surface area contributed by atoms with Crippen molar-refractivity contribution in [2.24, 2.45) is 5.92 Å². The SMILES string of the molecule is CCC(CC1CC1)n1nnnc1-c1cc(N)c(C)cc1C. The van der Waals surface area contributed by atoms with Crippen LogP contribution in [-0.4, -0.2) is 20.2 Å². The molecule has 21 heavy (non-hydrogen) atoms. The van der Waals surface area contributed by atoms with Crippen LogP contribution in [0.15, 0.2) is 12.1 Å². The number of hydrogen-bond donors (Lipinski definition) is 1. The Bertz CT molecular complexity index is 642. The number of anilines is 1. The highest BCUT2D eigenvalue weighted by Crippen LogP contribution is 2.39. The number of benzene rings is 1. The third kappa shape index (κ3) is 2.77. The molecule has 1 aliphatic carbocycles. The number of aromatic nitrogens is 4. The summed E-state index contributed by atoms with van der Waals surface area (Å²) >= 11 is 0. The Morgan fingerprint density at radius 2 is 2.05 bits per heavy atom. The minimum absolute atomic E-state index is 0.379. The normalized spacial score (nSPS) is 16.1. The molecule has 0 amide bonds. The van der Waals surface area contributed by atoms with Gasteiger partial charge in [0, 0.05) is 11.3 Å². The minimum Gasteiger partial charge on any atom is -0.398 e. The van der Waals surface area contributed by atoms with Crippen LogP contribution in [0.2, 0.25) is 0 Å². The van der Waals surface area contributed by atoms with E-state index in [1.165, 1.54) is 24.8 Å². The summed E-state index contributed by atoms with van der Waals surface area (Å²) in [5, 5.41) is 12.4. The van der Waals surface area contributed by atoms with E-state index < -0.39 is 0 Å². The zero-order valence-corrected chi connectivity index (χ0v) is 13.0. The zero-order valence-electron chi connectivity index (χ0n) is 13.0. The van der Waals surface area contributed by atoms with Crippen LogP contribution in [0.25, 0.3) is 11.4 Å². The monoisotopic (exact) mass is 285 g/mol. The van der Waals surface area contributed by atoms with Crippen LogP contribution >= 0.6 is 0 Å². The average molecular weight is 285 g/mol. The summed E-state index contributed by atoms with van der Waals surface area (Å²) in [6, 6.07) is 4.48. The van der Waals surface area contributed by atoms with Gasteiger partial charge in [-0.15, -0.1) is 5.10 Å². The van der Waals surface area contributed by atoms with E-state index in [0.29, 0.717) is 6.04 Å². The molecule has 0 spiro atoms. The van der Waals surface area contributed by atoms with Gasteiger partial charge in [0.15, 0.2) is 5.82 Å². The lowest BCUT2D eigenvalue weighted by molar-refractivity contribution is 0.388. The lowest BCUT2D eigenvalue weighted by Crippen LogP contribution is -2.13. The highest BCUT2D eigenvalue weighted by Gasteiger charge is 2.28. The molecule has 1 atom stereocenters. The van der Waals surface area contributed by atoms with E-state index in [1.54, 1.807) is 0 Å². The van der Waals surface area contributed by atoms with Gasteiger partial charge in [-0.25, -0.2) is 4.68 Å². The molecule has 1 saturated carbocycles. The van der Waals surface area contributed by atoms with Crippen molar-refractivity contribution in [1.29, 1.82) is 0 Å². The molecule has 112 valence electrons. The predicted octanol–water partition coefficient (Wildman–Crippen LogP) is 3.29. The molecule has 1 aliphatic rings. The molecule has 1 aromatic heterocycles. The van der Waals surface area contributed by atoms with Crippen molar-refractivity contribution in [3.63, 3.8) is 0 Å². The summed E-state index contributed by atoms with van der Waals surface area (Å²) in [5.74, 6) is 1.70. The van der Waals surface area contributed by atoms with Gasteiger partial charge in [0.25, 0.3) is 0 Å². The molecule has 5 nitrogen and oxygen atoms in total. The molecule has 1 fully saturated rings. The number of nitrogens with zero attached hydrogens (tertiary/aromatic N) is 4. The van der Waals surface area contributed by atoms with Gasteiger partial charge in [-0.05, 0) is 60.2 Å². The maximum atomic E-state index is 6.07. The Labute approximate surface area is 125 Å². The van der Waals surface area contributed by atoms with Crippen LogP contribution in [0.1, 0.15) is 49.8 Å². The number of nitrogen functional groups attached to an aromatic ring is 1. The van der Waals surface area contributed by atoms with Crippen molar-refractivity contribution in [3.8, 4) is 11.4 Å². The lowest BCUT2D eigenvalue weighted by Gasteiger charge is -2.17. The second-order valence-electron chi connectivity index (χ2n) is 6.21. The number of rotatable bonds is 5. The van der Waals surface area contributed by atoms with Gasteiger partial charge in [-0.1, -0.05) is 25.8 Å². The van der Waals surface area contributed by atoms with Crippen molar-refractivity contribution in [2.45, 2.75) is 52.5 Å². The van der Waals surface area contributed by atoms with Gasteiger partial charge >= 0.3 is 0 Å².